The molecule has 1 aliphatic heterocycles. The summed E-state index contributed by atoms with van der Waals surface area (Å²) in [6, 6.07) is 4.36. The number of hydrogen-bond acceptors (Lipinski definition) is 3. The van der Waals surface area contributed by atoms with Crippen molar-refractivity contribution in [1.82, 2.24) is 5.32 Å². The molecule has 0 amide bonds. The van der Waals surface area contributed by atoms with E-state index in [0.29, 0.717) is 12.4 Å². The van der Waals surface area contributed by atoms with Crippen molar-refractivity contribution in [2.45, 2.75) is 58.4 Å². The zero-order valence-electron chi connectivity index (χ0n) is 14.6. The van der Waals surface area contributed by atoms with Gasteiger partial charge in [-0.1, -0.05) is 47.6 Å². The molecule has 2 rings (SSSR count). The summed E-state index contributed by atoms with van der Waals surface area (Å²) in [6.07, 6.45) is 0. The maximum Gasteiger partial charge on any atom is 0.124 e. The van der Waals surface area contributed by atoms with E-state index in [0.717, 1.165) is 24.3 Å². The number of nitrogens with one attached hydrogen (secondary N) is 1. The van der Waals surface area contributed by atoms with Crippen LogP contribution in [0.15, 0.2) is 12.1 Å². The van der Waals surface area contributed by atoms with Crippen LogP contribution < -0.4 is 5.32 Å². The largest absolute Gasteiger partial charge is 0.507 e. The van der Waals surface area contributed by atoms with Gasteiger partial charge in [-0.3, -0.25) is 0 Å². The molecule has 0 unspecified atom stereocenters. The lowest BCUT2D eigenvalue weighted by molar-refractivity contribution is 0.0759. The standard InChI is InChI=1S/C18H29NO2.ClH/c1-17(2,3)12-9-13(15-11-21-8-7-19-15)16(20)14(10-12)18(4,5)6;/h9-10,15,19-20H,7-8,11H2,1-6H3;1H/t15-;/m0./s1. The summed E-state index contributed by atoms with van der Waals surface area (Å²) in [5, 5.41) is 14.2. The van der Waals surface area contributed by atoms with Crippen LogP contribution in [0.25, 0.3) is 0 Å². The molecule has 1 heterocycles. The Kier molecular flexibility index (Phi) is 5.94. The van der Waals surface area contributed by atoms with Crippen LogP contribution in [0.4, 0.5) is 0 Å². The Morgan fingerprint density at radius 2 is 1.73 bits per heavy atom. The van der Waals surface area contributed by atoms with Crippen molar-refractivity contribution in [3.8, 4) is 5.75 Å². The van der Waals surface area contributed by atoms with Crippen molar-refractivity contribution in [3.05, 3.63) is 28.8 Å². The maximum atomic E-state index is 10.8. The first-order valence-electron chi connectivity index (χ1n) is 7.79. The van der Waals surface area contributed by atoms with Crippen molar-refractivity contribution in [2.75, 3.05) is 19.8 Å². The second-order valence-corrected chi connectivity index (χ2v) is 8.04. The lowest BCUT2D eigenvalue weighted by Crippen LogP contribution is -2.35. The molecule has 1 aromatic carbocycles. The first kappa shape index (κ1) is 19.3. The molecule has 0 aliphatic carbocycles. The second-order valence-electron chi connectivity index (χ2n) is 8.04. The lowest BCUT2D eigenvalue weighted by Gasteiger charge is -2.31. The number of phenolic OH excluding ortho intramolecular Hbond substituents is 1. The molecule has 0 radical (unpaired) electrons. The number of benzene rings is 1. The molecule has 4 heteroatoms. The predicted octanol–water partition coefficient (Wildman–Crippen LogP) is 4.07. The highest BCUT2D eigenvalue weighted by molar-refractivity contribution is 5.85. The van der Waals surface area contributed by atoms with E-state index in [4.69, 9.17) is 4.74 Å². The quantitative estimate of drug-likeness (QED) is 0.817. The van der Waals surface area contributed by atoms with Gasteiger partial charge in [-0.05, 0) is 28.0 Å². The highest BCUT2D eigenvalue weighted by Crippen LogP contribution is 2.40. The van der Waals surface area contributed by atoms with E-state index in [1.54, 1.807) is 0 Å². The molecule has 126 valence electrons. The van der Waals surface area contributed by atoms with E-state index in [-0.39, 0.29) is 29.3 Å². The third-order valence-electron chi connectivity index (χ3n) is 4.11. The SMILES string of the molecule is CC(C)(C)c1cc([C@@H]2COCCN2)c(O)c(C(C)(C)C)c1.Cl. The molecule has 1 aliphatic rings. The van der Waals surface area contributed by atoms with Gasteiger partial charge in [-0.2, -0.15) is 0 Å². The number of phenols is 1. The number of halogens is 1. The molecule has 1 aromatic rings. The van der Waals surface area contributed by atoms with Gasteiger partial charge in [-0.15, -0.1) is 12.4 Å². The van der Waals surface area contributed by atoms with Crippen LogP contribution in [0.5, 0.6) is 5.75 Å². The molecule has 0 aromatic heterocycles. The number of ether oxygens (including phenoxy) is 1. The van der Waals surface area contributed by atoms with Gasteiger partial charge in [0.05, 0.1) is 19.3 Å². The van der Waals surface area contributed by atoms with Crippen LogP contribution in [0.1, 0.15) is 64.3 Å². The summed E-state index contributed by atoms with van der Waals surface area (Å²) in [6.45, 7) is 15.2. The Morgan fingerprint density at radius 1 is 1.09 bits per heavy atom. The van der Waals surface area contributed by atoms with Gasteiger partial charge < -0.3 is 15.2 Å². The van der Waals surface area contributed by atoms with Crippen molar-refractivity contribution in [2.24, 2.45) is 0 Å². The highest BCUT2D eigenvalue weighted by atomic mass is 35.5. The predicted molar refractivity (Wildman–Crippen MR) is 94.3 cm³/mol. The molecule has 3 nitrogen and oxygen atoms in total. The first-order chi connectivity index (χ1) is 9.60. The Hall–Kier alpha value is -0.770. The minimum atomic E-state index is -0.0877. The minimum absolute atomic E-state index is 0. The van der Waals surface area contributed by atoms with Crippen LogP contribution in [0.3, 0.4) is 0 Å². The average molecular weight is 328 g/mol. The average Bonchev–Trinajstić information content (AvgIpc) is 2.37. The zero-order valence-corrected chi connectivity index (χ0v) is 15.4. The third-order valence-corrected chi connectivity index (χ3v) is 4.11. The summed E-state index contributed by atoms with van der Waals surface area (Å²) < 4.78 is 5.57. The fourth-order valence-electron chi connectivity index (χ4n) is 2.69. The topological polar surface area (TPSA) is 41.5 Å². The lowest BCUT2D eigenvalue weighted by atomic mass is 9.78. The molecule has 2 N–H and O–H groups in total. The van der Waals surface area contributed by atoms with Gasteiger partial charge >= 0.3 is 0 Å². The normalized spacial score (nSPS) is 19.6. The number of aromatic hydroxyl groups is 1. The second kappa shape index (κ2) is 6.77. The molecular weight excluding hydrogens is 298 g/mol. The first-order valence-corrected chi connectivity index (χ1v) is 7.79. The van der Waals surface area contributed by atoms with Crippen LogP contribution in [0.2, 0.25) is 0 Å². The number of rotatable bonds is 1. The molecule has 0 spiro atoms. The number of morpholine rings is 1. The van der Waals surface area contributed by atoms with Gasteiger partial charge in [-0.25, -0.2) is 0 Å². The van der Waals surface area contributed by atoms with Gasteiger partial charge in [0, 0.05) is 12.1 Å². The molecule has 22 heavy (non-hydrogen) atoms. The van der Waals surface area contributed by atoms with E-state index in [9.17, 15) is 5.11 Å². The van der Waals surface area contributed by atoms with E-state index in [2.05, 4.69) is 59.0 Å². The van der Waals surface area contributed by atoms with Crippen LogP contribution in [-0.2, 0) is 15.6 Å². The van der Waals surface area contributed by atoms with Crippen LogP contribution >= 0.6 is 12.4 Å². The minimum Gasteiger partial charge on any atom is -0.507 e. The third kappa shape index (κ3) is 4.15. The van der Waals surface area contributed by atoms with E-state index in [1.807, 2.05) is 0 Å². The molecule has 0 bridgehead atoms. The van der Waals surface area contributed by atoms with Crippen LogP contribution in [0, 0.1) is 0 Å². The van der Waals surface area contributed by atoms with Crippen molar-refractivity contribution >= 4 is 12.4 Å². The van der Waals surface area contributed by atoms with Crippen molar-refractivity contribution in [3.63, 3.8) is 0 Å². The van der Waals surface area contributed by atoms with Gasteiger partial charge in [0.15, 0.2) is 0 Å². The molecular formula is C18H30ClNO2. The summed E-state index contributed by atoms with van der Waals surface area (Å²) in [4.78, 5) is 0. The van der Waals surface area contributed by atoms with Crippen molar-refractivity contribution in [1.29, 1.82) is 0 Å². The molecule has 1 fully saturated rings. The Labute approximate surface area is 140 Å². The van der Waals surface area contributed by atoms with Crippen LogP contribution in [-0.4, -0.2) is 24.9 Å². The Morgan fingerprint density at radius 3 is 2.18 bits per heavy atom. The summed E-state index contributed by atoms with van der Waals surface area (Å²) in [5.74, 6) is 0.415. The van der Waals surface area contributed by atoms with Gasteiger partial charge in [0.2, 0.25) is 0 Å². The molecule has 0 saturated carbocycles. The smallest absolute Gasteiger partial charge is 0.124 e. The summed E-state index contributed by atoms with van der Waals surface area (Å²) in [5.41, 5.74) is 3.20. The monoisotopic (exact) mass is 327 g/mol. The zero-order chi connectivity index (χ0) is 15.8. The Balaban J connectivity index is 0.00000242. The fourth-order valence-corrected chi connectivity index (χ4v) is 2.69. The highest BCUT2D eigenvalue weighted by Gasteiger charge is 2.28. The van der Waals surface area contributed by atoms with Crippen molar-refractivity contribution < 1.29 is 9.84 Å². The van der Waals surface area contributed by atoms with Gasteiger partial charge in [0.25, 0.3) is 0 Å². The van der Waals surface area contributed by atoms with Gasteiger partial charge in [0.1, 0.15) is 5.75 Å². The molecule has 1 saturated heterocycles. The number of hydrogen-bond donors (Lipinski definition) is 2. The van der Waals surface area contributed by atoms with E-state index in [1.165, 1.54) is 5.56 Å². The maximum absolute atomic E-state index is 10.8. The fraction of sp³-hybridized carbons (Fsp3) is 0.667. The molecule has 1 atom stereocenters. The Bertz CT molecular complexity index is 509. The summed E-state index contributed by atoms with van der Waals surface area (Å²) >= 11 is 0. The van der Waals surface area contributed by atoms with E-state index >= 15 is 0 Å². The summed E-state index contributed by atoms with van der Waals surface area (Å²) in [7, 11) is 0. The van der Waals surface area contributed by atoms with E-state index < -0.39 is 0 Å².